The van der Waals surface area contributed by atoms with Crippen LogP contribution in [-0.2, 0) is 6.42 Å². The number of amides is 1. The van der Waals surface area contributed by atoms with Crippen molar-refractivity contribution in [2.45, 2.75) is 33.1 Å². The van der Waals surface area contributed by atoms with Gasteiger partial charge in [-0.1, -0.05) is 37.6 Å². The lowest BCUT2D eigenvalue weighted by molar-refractivity contribution is 0.102. The highest BCUT2D eigenvalue weighted by Gasteiger charge is 2.07. The number of aryl methyl sites for hydroxylation is 2. The average Bonchev–Trinajstić information content (AvgIpc) is 2.67. The number of pyridine rings is 1. The second kappa shape index (κ2) is 8.43. The molecular weight excluding hydrogens is 320 g/mol. The molecule has 0 bridgehead atoms. The molecular formula is C23H24N2O. The Kier molecular flexibility index (Phi) is 5.80. The third-order valence-corrected chi connectivity index (χ3v) is 4.39. The van der Waals surface area contributed by atoms with Gasteiger partial charge in [0.05, 0.1) is 5.69 Å². The number of carbonyl (C=O) groups is 1. The fraction of sp³-hybridized carbons (Fsp3) is 0.217. The molecule has 0 radical (unpaired) electrons. The quantitative estimate of drug-likeness (QED) is 0.627. The number of rotatable bonds is 6. The number of nitrogens with zero attached hydrogens (tertiary/aromatic N) is 1. The molecule has 0 saturated carbocycles. The number of carbonyl (C=O) groups excluding carboxylic acids is 1. The maximum Gasteiger partial charge on any atom is 0.255 e. The third-order valence-electron chi connectivity index (χ3n) is 4.39. The molecule has 3 heteroatoms. The van der Waals surface area contributed by atoms with Gasteiger partial charge in [0.1, 0.15) is 0 Å². The summed E-state index contributed by atoms with van der Waals surface area (Å²) >= 11 is 0. The predicted molar refractivity (Wildman–Crippen MR) is 107 cm³/mol. The minimum atomic E-state index is -0.102. The first-order valence-corrected chi connectivity index (χ1v) is 9.09. The number of benzene rings is 2. The molecule has 0 aliphatic carbocycles. The summed E-state index contributed by atoms with van der Waals surface area (Å²) in [5, 5.41) is 2.96. The molecule has 1 aromatic heterocycles. The molecule has 1 N–H and O–H groups in total. The van der Waals surface area contributed by atoms with E-state index in [-0.39, 0.29) is 5.91 Å². The molecule has 3 nitrogen and oxygen atoms in total. The van der Waals surface area contributed by atoms with Crippen LogP contribution >= 0.6 is 0 Å². The maximum atomic E-state index is 12.4. The molecule has 0 unspecified atom stereocenters. The first kappa shape index (κ1) is 17.9. The molecule has 3 aromatic rings. The Labute approximate surface area is 155 Å². The lowest BCUT2D eigenvalue weighted by Gasteiger charge is -2.08. The Morgan fingerprint density at radius 3 is 2.38 bits per heavy atom. The fourth-order valence-electron chi connectivity index (χ4n) is 2.83. The Morgan fingerprint density at radius 1 is 1.00 bits per heavy atom. The molecule has 1 heterocycles. The third kappa shape index (κ3) is 4.57. The number of aromatic nitrogens is 1. The van der Waals surface area contributed by atoms with Crippen molar-refractivity contribution >= 4 is 11.6 Å². The molecule has 1 amide bonds. The van der Waals surface area contributed by atoms with Crippen LogP contribution in [-0.4, -0.2) is 10.9 Å². The summed E-state index contributed by atoms with van der Waals surface area (Å²) in [5.74, 6) is -0.102. The summed E-state index contributed by atoms with van der Waals surface area (Å²) in [6.45, 7) is 4.23. The van der Waals surface area contributed by atoms with E-state index >= 15 is 0 Å². The zero-order chi connectivity index (χ0) is 18.4. The molecule has 26 heavy (non-hydrogen) atoms. The van der Waals surface area contributed by atoms with Gasteiger partial charge in [0.2, 0.25) is 0 Å². The number of hydrogen-bond acceptors (Lipinski definition) is 2. The van der Waals surface area contributed by atoms with Crippen LogP contribution in [0.2, 0.25) is 0 Å². The van der Waals surface area contributed by atoms with Crippen molar-refractivity contribution in [1.82, 2.24) is 4.98 Å². The van der Waals surface area contributed by atoms with Gasteiger partial charge in [0, 0.05) is 23.0 Å². The Balaban J connectivity index is 1.66. The number of anilines is 1. The van der Waals surface area contributed by atoms with Crippen LogP contribution in [0.5, 0.6) is 0 Å². The Bertz CT molecular complexity index is 867. The zero-order valence-electron chi connectivity index (χ0n) is 15.3. The van der Waals surface area contributed by atoms with Gasteiger partial charge in [-0.05, 0) is 67.3 Å². The van der Waals surface area contributed by atoms with E-state index < -0.39 is 0 Å². The molecule has 0 saturated heterocycles. The van der Waals surface area contributed by atoms with Crippen LogP contribution in [0.3, 0.4) is 0 Å². The van der Waals surface area contributed by atoms with E-state index in [1.807, 2.05) is 55.5 Å². The van der Waals surface area contributed by atoms with E-state index in [0.29, 0.717) is 5.56 Å². The minimum Gasteiger partial charge on any atom is -0.322 e. The second-order valence-electron chi connectivity index (χ2n) is 6.55. The standard InChI is InChI=1S/C23H24N2O/c1-3-4-5-18-6-12-21(13-7-18)25-23(26)20-10-8-19(9-11-20)22-16-17(2)14-15-24-22/h6-16H,3-5H2,1-2H3,(H,25,26). The SMILES string of the molecule is CCCCc1ccc(NC(=O)c2ccc(-c3cc(C)ccn3)cc2)cc1. The zero-order valence-corrected chi connectivity index (χ0v) is 15.3. The van der Waals surface area contributed by atoms with Crippen LogP contribution in [0.15, 0.2) is 66.9 Å². The predicted octanol–water partition coefficient (Wildman–Crippen LogP) is 5.65. The van der Waals surface area contributed by atoms with Gasteiger partial charge in [0.15, 0.2) is 0 Å². The van der Waals surface area contributed by atoms with Crippen LogP contribution in [0, 0.1) is 6.92 Å². The van der Waals surface area contributed by atoms with Gasteiger partial charge in [-0.15, -0.1) is 0 Å². The summed E-state index contributed by atoms with van der Waals surface area (Å²) in [6.07, 6.45) is 5.26. The first-order chi connectivity index (χ1) is 12.7. The average molecular weight is 344 g/mol. The summed E-state index contributed by atoms with van der Waals surface area (Å²) in [4.78, 5) is 16.8. The van der Waals surface area contributed by atoms with E-state index in [4.69, 9.17) is 0 Å². The monoisotopic (exact) mass is 344 g/mol. The lowest BCUT2D eigenvalue weighted by atomic mass is 10.1. The highest BCUT2D eigenvalue weighted by atomic mass is 16.1. The molecule has 3 rings (SSSR count). The van der Waals surface area contributed by atoms with Gasteiger partial charge < -0.3 is 5.32 Å². The van der Waals surface area contributed by atoms with Gasteiger partial charge in [0.25, 0.3) is 5.91 Å². The van der Waals surface area contributed by atoms with Crippen molar-refractivity contribution < 1.29 is 4.79 Å². The molecule has 0 fully saturated rings. The minimum absolute atomic E-state index is 0.102. The molecule has 2 aromatic carbocycles. The van der Waals surface area contributed by atoms with Crippen molar-refractivity contribution in [2.24, 2.45) is 0 Å². The van der Waals surface area contributed by atoms with Gasteiger partial charge in [-0.3, -0.25) is 9.78 Å². The van der Waals surface area contributed by atoms with Crippen molar-refractivity contribution in [3.8, 4) is 11.3 Å². The van der Waals surface area contributed by atoms with Gasteiger partial charge in [-0.2, -0.15) is 0 Å². The van der Waals surface area contributed by atoms with Gasteiger partial charge in [-0.25, -0.2) is 0 Å². The van der Waals surface area contributed by atoms with Crippen molar-refractivity contribution in [3.63, 3.8) is 0 Å². The number of unbranched alkanes of at least 4 members (excludes halogenated alkanes) is 1. The summed E-state index contributed by atoms with van der Waals surface area (Å²) in [5.41, 5.74) is 5.85. The Hall–Kier alpha value is -2.94. The van der Waals surface area contributed by atoms with Crippen LogP contribution in [0.1, 0.15) is 41.3 Å². The fourth-order valence-corrected chi connectivity index (χ4v) is 2.83. The highest BCUT2D eigenvalue weighted by molar-refractivity contribution is 6.04. The molecule has 0 atom stereocenters. The first-order valence-electron chi connectivity index (χ1n) is 9.09. The van der Waals surface area contributed by atoms with E-state index in [2.05, 4.69) is 29.4 Å². The number of nitrogens with one attached hydrogen (secondary N) is 1. The maximum absolute atomic E-state index is 12.4. The van der Waals surface area contributed by atoms with E-state index in [0.717, 1.165) is 23.4 Å². The molecule has 132 valence electrons. The normalized spacial score (nSPS) is 10.5. The van der Waals surface area contributed by atoms with E-state index in [9.17, 15) is 4.79 Å². The largest absolute Gasteiger partial charge is 0.322 e. The molecule has 0 spiro atoms. The lowest BCUT2D eigenvalue weighted by Crippen LogP contribution is -2.11. The topological polar surface area (TPSA) is 42.0 Å². The van der Waals surface area contributed by atoms with Crippen molar-refractivity contribution in [1.29, 1.82) is 0 Å². The van der Waals surface area contributed by atoms with Crippen LogP contribution in [0.4, 0.5) is 5.69 Å². The molecule has 0 aliphatic heterocycles. The summed E-state index contributed by atoms with van der Waals surface area (Å²) < 4.78 is 0. The van der Waals surface area contributed by atoms with Crippen molar-refractivity contribution in [2.75, 3.05) is 5.32 Å². The summed E-state index contributed by atoms with van der Waals surface area (Å²) in [7, 11) is 0. The Morgan fingerprint density at radius 2 is 1.73 bits per heavy atom. The highest BCUT2D eigenvalue weighted by Crippen LogP contribution is 2.19. The second-order valence-corrected chi connectivity index (χ2v) is 6.55. The number of hydrogen-bond donors (Lipinski definition) is 1. The van der Waals surface area contributed by atoms with Gasteiger partial charge >= 0.3 is 0 Å². The van der Waals surface area contributed by atoms with Crippen LogP contribution in [0.25, 0.3) is 11.3 Å². The smallest absolute Gasteiger partial charge is 0.255 e. The van der Waals surface area contributed by atoms with E-state index in [1.165, 1.54) is 24.0 Å². The summed E-state index contributed by atoms with van der Waals surface area (Å²) in [6, 6.07) is 19.6. The van der Waals surface area contributed by atoms with Crippen LogP contribution < -0.4 is 5.32 Å². The molecule has 0 aliphatic rings. The van der Waals surface area contributed by atoms with Crippen molar-refractivity contribution in [3.05, 3.63) is 83.6 Å². The van der Waals surface area contributed by atoms with E-state index in [1.54, 1.807) is 6.20 Å².